The lowest BCUT2D eigenvalue weighted by Gasteiger charge is -2.27. The topological polar surface area (TPSA) is 75.6 Å². The summed E-state index contributed by atoms with van der Waals surface area (Å²) in [5.74, 6) is -0.659. The predicted molar refractivity (Wildman–Crippen MR) is 92.2 cm³/mol. The van der Waals surface area contributed by atoms with E-state index < -0.39 is 11.9 Å². The third-order valence-electron chi connectivity index (χ3n) is 4.77. The molecule has 2 atom stereocenters. The molecule has 0 aromatic heterocycles. The number of nitrogens with one attached hydrogen (secondary N) is 1. The number of ether oxygens (including phenoxy) is 1. The highest BCUT2D eigenvalue weighted by Gasteiger charge is 2.29. The smallest absolute Gasteiger partial charge is 0.308 e. The van der Waals surface area contributed by atoms with Gasteiger partial charge in [-0.05, 0) is 37.0 Å². The Morgan fingerprint density at radius 2 is 1.92 bits per heavy atom. The molecule has 1 fully saturated rings. The van der Waals surface area contributed by atoms with Gasteiger partial charge in [0.1, 0.15) is 5.75 Å². The van der Waals surface area contributed by atoms with Gasteiger partial charge < -0.3 is 15.2 Å². The molecule has 5 nitrogen and oxygen atoms in total. The molecule has 1 aromatic carbocycles. The van der Waals surface area contributed by atoms with E-state index in [1.54, 1.807) is 7.11 Å². The lowest BCUT2D eigenvalue weighted by molar-refractivity contribution is -0.143. The Morgan fingerprint density at radius 1 is 1.21 bits per heavy atom. The van der Waals surface area contributed by atoms with Crippen molar-refractivity contribution in [1.82, 2.24) is 5.32 Å². The number of hydrogen-bond donors (Lipinski definition) is 2. The van der Waals surface area contributed by atoms with E-state index in [1.807, 2.05) is 25.1 Å². The van der Waals surface area contributed by atoms with Crippen LogP contribution in [0, 0.1) is 12.8 Å². The summed E-state index contributed by atoms with van der Waals surface area (Å²) in [5, 5.41) is 12.4. The maximum atomic E-state index is 12.4. The molecule has 1 amide bonds. The quantitative estimate of drug-likeness (QED) is 0.868. The molecule has 24 heavy (non-hydrogen) atoms. The number of rotatable bonds is 5. The van der Waals surface area contributed by atoms with Crippen molar-refractivity contribution >= 4 is 11.9 Å². The van der Waals surface area contributed by atoms with Gasteiger partial charge in [0.15, 0.2) is 0 Å². The van der Waals surface area contributed by atoms with Crippen molar-refractivity contribution < 1.29 is 19.4 Å². The van der Waals surface area contributed by atoms with Gasteiger partial charge in [0.25, 0.3) is 0 Å². The average Bonchev–Trinajstić information content (AvgIpc) is 2.51. The third kappa shape index (κ3) is 4.98. The SMILES string of the molecule is COc1cc(CC(=O)NC2CCCCCCC2C(=O)O)ccc1C. The van der Waals surface area contributed by atoms with E-state index in [1.165, 1.54) is 0 Å². The van der Waals surface area contributed by atoms with Gasteiger partial charge in [-0.15, -0.1) is 0 Å². The van der Waals surface area contributed by atoms with Gasteiger partial charge in [0.05, 0.1) is 19.4 Å². The van der Waals surface area contributed by atoms with Crippen LogP contribution < -0.4 is 10.1 Å². The van der Waals surface area contributed by atoms with Crippen LogP contribution in [-0.4, -0.2) is 30.1 Å². The number of carboxylic acid groups (broad SMARTS) is 1. The molecule has 1 aliphatic rings. The lowest BCUT2D eigenvalue weighted by Crippen LogP contribution is -2.44. The molecule has 0 saturated heterocycles. The molecule has 0 aliphatic heterocycles. The Hall–Kier alpha value is -2.04. The number of hydrogen-bond acceptors (Lipinski definition) is 3. The number of carbonyl (C=O) groups is 2. The largest absolute Gasteiger partial charge is 0.496 e. The number of carboxylic acids is 1. The minimum atomic E-state index is -0.806. The summed E-state index contributed by atoms with van der Waals surface area (Å²) in [4.78, 5) is 23.9. The summed E-state index contributed by atoms with van der Waals surface area (Å²) in [5.41, 5.74) is 1.89. The van der Waals surface area contributed by atoms with Crippen LogP contribution in [0.15, 0.2) is 18.2 Å². The van der Waals surface area contributed by atoms with Crippen LogP contribution in [0.2, 0.25) is 0 Å². The van der Waals surface area contributed by atoms with E-state index in [0.29, 0.717) is 6.42 Å². The zero-order valence-electron chi connectivity index (χ0n) is 14.5. The summed E-state index contributed by atoms with van der Waals surface area (Å²) in [6.45, 7) is 1.95. The second-order valence-corrected chi connectivity index (χ2v) is 6.59. The second-order valence-electron chi connectivity index (χ2n) is 6.59. The molecule has 1 aliphatic carbocycles. The number of aliphatic carboxylic acids is 1. The summed E-state index contributed by atoms with van der Waals surface area (Å²) >= 11 is 0. The fourth-order valence-corrected chi connectivity index (χ4v) is 3.37. The molecule has 0 heterocycles. The molecule has 0 spiro atoms. The average molecular weight is 333 g/mol. The Kier molecular flexibility index (Phi) is 6.64. The molecule has 1 aromatic rings. The standard InChI is InChI=1S/C19H27NO4/c1-13-9-10-14(11-17(13)24-2)12-18(21)20-16-8-6-4-3-5-7-15(16)19(22)23/h9-11,15-16H,3-8,12H2,1-2H3,(H,20,21)(H,22,23). The Balaban J connectivity index is 2.02. The summed E-state index contributed by atoms with van der Waals surface area (Å²) < 4.78 is 5.29. The van der Waals surface area contributed by atoms with Crippen LogP contribution in [0.25, 0.3) is 0 Å². The molecular formula is C19H27NO4. The van der Waals surface area contributed by atoms with Crippen molar-refractivity contribution in [2.45, 2.75) is 57.9 Å². The first kappa shape index (κ1) is 18.3. The van der Waals surface area contributed by atoms with Crippen molar-refractivity contribution in [3.63, 3.8) is 0 Å². The highest BCUT2D eigenvalue weighted by atomic mass is 16.5. The van der Waals surface area contributed by atoms with Gasteiger partial charge in [-0.1, -0.05) is 37.8 Å². The van der Waals surface area contributed by atoms with Crippen LogP contribution in [-0.2, 0) is 16.0 Å². The number of aryl methyl sites for hydroxylation is 1. The first-order valence-electron chi connectivity index (χ1n) is 8.67. The van der Waals surface area contributed by atoms with Gasteiger partial charge in [0.2, 0.25) is 5.91 Å². The monoisotopic (exact) mass is 333 g/mol. The lowest BCUT2D eigenvalue weighted by atomic mass is 9.86. The molecule has 1 saturated carbocycles. The second kappa shape index (κ2) is 8.71. The van der Waals surface area contributed by atoms with Crippen molar-refractivity contribution in [3.8, 4) is 5.75 Å². The summed E-state index contributed by atoms with van der Waals surface area (Å²) in [6.07, 6.45) is 5.67. The minimum Gasteiger partial charge on any atom is -0.496 e. The van der Waals surface area contributed by atoms with Gasteiger partial charge >= 0.3 is 5.97 Å². The summed E-state index contributed by atoms with van der Waals surface area (Å²) in [6, 6.07) is 5.42. The maximum absolute atomic E-state index is 12.4. The van der Waals surface area contributed by atoms with Crippen LogP contribution in [0.5, 0.6) is 5.75 Å². The molecule has 132 valence electrons. The Labute approximate surface area is 143 Å². The van der Waals surface area contributed by atoms with Gasteiger partial charge in [-0.25, -0.2) is 0 Å². The Morgan fingerprint density at radius 3 is 2.58 bits per heavy atom. The molecule has 0 radical (unpaired) electrons. The van der Waals surface area contributed by atoms with Crippen LogP contribution in [0.3, 0.4) is 0 Å². The van der Waals surface area contributed by atoms with Crippen molar-refractivity contribution in [2.24, 2.45) is 5.92 Å². The number of amides is 1. The predicted octanol–water partition coefficient (Wildman–Crippen LogP) is 3.09. The molecular weight excluding hydrogens is 306 g/mol. The van der Waals surface area contributed by atoms with Crippen molar-refractivity contribution in [2.75, 3.05) is 7.11 Å². The van der Waals surface area contributed by atoms with E-state index in [9.17, 15) is 14.7 Å². The fourth-order valence-electron chi connectivity index (χ4n) is 3.37. The molecule has 2 N–H and O–H groups in total. The molecule has 2 rings (SSSR count). The van der Waals surface area contributed by atoms with Crippen molar-refractivity contribution in [3.05, 3.63) is 29.3 Å². The normalized spacial score (nSPS) is 21.4. The first-order chi connectivity index (χ1) is 11.5. The minimum absolute atomic E-state index is 0.127. The third-order valence-corrected chi connectivity index (χ3v) is 4.77. The molecule has 2 unspecified atom stereocenters. The zero-order valence-corrected chi connectivity index (χ0v) is 14.5. The van der Waals surface area contributed by atoms with Gasteiger partial charge in [-0.2, -0.15) is 0 Å². The zero-order chi connectivity index (χ0) is 17.5. The first-order valence-corrected chi connectivity index (χ1v) is 8.67. The molecule has 5 heteroatoms. The van der Waals surface area contributed by atoms with Gasteiger partial charge in [-0.3, -0.25) is 9.59 Å². The van der Waals surface area contributed by atoms with E-state index in [4.69, 9.17) is 4.74 Å². The van der Waals surface area contributed by atoms with E-state index in [0.717, 1.165) is 49.0 Å². The van der Waals surface area contributed by atoms with E-state index in [-0.39, 0.29) is 18.4 Å². The van der Waals surface area contributed by atoms with E-state index >= 15 is 0 Å². The number of methoxy groups -OCH3 is 1. The van der Waals surface area contributed by atoms with E-state index in [2.05, 4.69) is 5.32 Å². The number of benzene rings is 1. The fraction of sp³-hybridized carbons (Fsp3) is 0.579. The highest BCUT2D eigenvalue weighted by Crippen LogP contribution is 2.24. The van der Waals surface area contributed by atoms with Crippen LogP contribution in [0.4, 0.5) is 0 Å². The van der Waals surface area contributed by atoms with Gasteiger partial charge in [0, 0.05) is 6.04 Å². The number of carbonyl (C=O) groups excluding carboxylic acids is 1. The Bertz CT molecular complexity index is 585. The summed E-state index contributed by atoms with van der Waals surface area (Å²) in [7, 11) is 1.61. The molecule has 0 bridgehead atoms. The van der Waals surface area contributed by atoms with Crippen LogP contribution in [0.1, 0.15) is 49.7 Å². The maximum Gasteiger partial charge on any atom is 0.308 e. The van der Waals surface area contributed by atoms with Crippen LogP contribution >= 0.6 is 0 Å². The van der Waals surface area contributed by atoms with Crippen molar-refractivity contribution in [1.29, 1.82) is 0 Å². The highest BCUT2D eigenvalue weighted by molar-refractivity contribution is 5.80.